The van der Waals surface area contributed by atoms with Crippen molar-refractivity contribution in [3.8, 4) is 11.3 Å². The third kappa shape index (κ3) is 2.69. The molecule has 6 heteroatoms. The number of rotatable bonds is 3. The zero-order valence-corrected chi connectivity index (χ0v) is 14.5. The molecule has 0 radical (unpaired) electrons. The van der Waals surface area contributed by atoms with E-state index in [0.717, 1.165) is 16.5 Å². The van der Waals surface area contributed by atoms with Gasteiger partial charge in [0.05, 0.1) is 16.1 Å². The van der Waals surface area contributed by atoms with Crippen LogP contribution >= 0.6 is 12.2 Å². The molecular formula is C18H17N3O2S. The van der Waals surface area contributed by atoms with Crippen molar-refractivity contribution in [3.05, 3.63) is 62.9 Å². The molecular weight excluding hydrogens is 322 g/mol. The molecule has 0 saturated carbocycles. The van der Waals surface area contributed by atoms with Gasteiger partial charge in [-0.05, 0) is 39.1 Å². The van der Waals surface area contributed by atoms with Crippen molar-refractivity contribution in [1.29, 1.82) is 0 Å². The summed E-state index contributed by atoms with van der Waals surface area (Å²) in [5.41, 5.74) is 3.14. The minimum Gasteiger partial charge on any atom is -0.314 e. The van der Waals surface area contributed by atoms with Crippen LogP contribution in [-0.4, -0.2) is 14.5 Å². The number of aryl methyl sites for hydroxylation is 1. The van der Waals surface area contributed by atoms with Gasteiger partial charge in [-0.2, -0.15) is 0 Å². The highest BCUT2D eigenvalue weighted by molar-refractivity contribution is 7.71. The van der Waals surface area contributed by atoms with E-state index in [9.17, 15) is 10.1 Å². The van der Waals surface area contributed by atoms with Gasteiger partial charge < -0.3 is 4.57 Å². The van der Waals surface area contributed by atoms with E-state index in [0.29, 0.717) is 16.0 Å². The molecule has 3 rings (SSSR count). The molecule has 0 fully saturated rings. The Morgan fingerprint density at radius 3 is 2.46 bits per heavy atom. The highest BCUT2D eigenvalue weighted by atomic mass is 32.1. The first-order valence-corrected chi connectivity index (χ1v) is 8.07. The summed E-state index contributed by atoms with van der Waals surface area (Å²) in [5, 5.41) is 12.1. The third-order valence-electron chi connectivity index (χ3n) is 4.00. The number of nitrogens with zero attached hydrogens (tertiary/aromatic N) is 3. The van der Waals surface area contributed by atoms with Gasteiger partial charge in [0.2, 0.25) is 4.77 Å². The monoisotopic (exact) mass is 339 g/mol. The Morgan fingerprint density at radius 1 is 1.21 bits per heavy atom. The quantitative estimate of drug-likeness (QED) is 0.372. The average Bonchev–Trinajstić information content (AvgIpc) is 2.53. The van der Waals surface area contributed by atoms with Crippen LogP contribution in [0.2, 0.25) is 0 Å². The fraction of sp³-hybridized carbons (Fsp3) is 0.222. The number of benzene rings is 2. The largest absolute Gasteiger partial charge is 0.314 e. The Balaban J connectivity index is 2.49. The van der Waals surface area contributed by atoms with Crippen molar-refractivity contribution in [2.24, 2.45) is 0 Å². The standard InChI is InChI=1S/C18H17N3O2S/c1-11(2)20-16-9-12(3)15(21(22)23)10-14(16)17(19-18(20)24)13-7-5-4-6-8-13/h4-11H,1-3H3. The molecule has 0 N–H and O–H groups in total. The Kier molecular flexibility index (Phi) is 4.15. The SMILES string of the molecule is Cc1cc2c(cc1[N+](=O)[O-])c(-c1ccccc1)nc(=S)n2C(C)C. The van der Waals surface area contributed by atoms with Crippen LogP contribution in [-0.2, 0) is 0 Å². The minimum absolute atomic E-state index is 0.0916. The van der Waals surface area contributed by atoms with Crippen LogP contribution in [0.1, 0.15) is 25.5 Å². The average molecular weight is 339 g/mol. The van der Waals surface area contributed by atoms with Crippen LogP contribution in [0.15, 0.2) is 42.5 Å². The Hall–Kier alpha value is -2.60. The van der Waals surface area contributed by atoms with Gasteiger partial charge in [-0.1, -0.05) is 30.3 Å². The Morgan fingerprint density at radius 2 is 1.88 bits per heavy atom. The van der Waals surface area contributed by atoms with Crippen molar-refractivity contribution in [2.45, 2.75) is 26.8 Å². The van der Waals surface area contributed by atoms with E-state index in [1.807, 2.05) is 54.8 Å². The van der Waals surface area contributed by atoms with E-state index in [1.54, 1.807) is 13.0 Å². The van der Waals surface area contributed by atoms with Gasteiger partial charge in [-0.15, -0.1) is 0 Å². The fourth-order valence-electron chi connectivity index (χ4n) is 2.89. The zero-order valence-electron chi connectivity index (χ0n) is 13.7. The van der Waals surface area contributed by atoms with Gasteiger partial charge in [-0.3, -0.25) is 10.1 Å². The molecule has 3 aromatic rings. The van der Waals surface area contributed by atoms with E-state index < -0.39 is 0 Å². The first-order valence-electron chi connectivity index (χ1n) is 7.67. The van der Waals surface area contributed by atoms with Gasteiger partial charge in [0.15, 0.2) is 0 Å². The van der Waals surface area contributed by atoms with Gasteiger partial charge in [0.1, 0.15) is 0 Å². The summed E-state index contributed by atoms with van der Waals surface area (Å²) in [6.45, 7) is 5.79. The molecule has 0 spiro atoms. The van der Waals surface area contributed by atoms with Crippen molar-refractivity contribution in [2.75, 3.05) is 0 Å². The van der Waals surface area contributed by atoms with Crippen LogP contribution in [0.3, 0.4) is 0 Å². The topological polar surface area (TPSA) is 61.0 Å². The van der Waals surface area contributed by atoms with Crippen LogP contribution in [0.25, 0.3) is 22.2 Å². The first kappa shape index (κ1) is 16.3. The molecule has 0 unspecified atom stereocenters. The third-order valence-corrected chi connectivity index (χ3v) is 4.29. The summed E-state index contributed by atoms with van der Waals surface area (Å²) >= 11 is 5.49. The second-order valence-electron chi connectivity index (χ2n) is 5.99. The molecule has 0 atom stereocenters. The Bertz CT molecular complexity index is 995. The molecule has 0 aliphatic carbocycles. The van der Waals surface area contributed by atoms with E-state index in [1.165, 1.54) is 0 Å². The second-order valence-corrected chi connectivity index (χ2v) is 6.35. The zero-order chi connectivity index (χ0) is 17.4. The van der Waals surface area contributed by atoms with E-state index >= 15 is 0 Å². The molecule has 5 nitrogen and oxygen atoms in total. The molecule has 24 heavy (non-hydrogen) atoms. The molecule has 1 aromatic heterocycles. The number of aromatic nitrogens is 2. The second kappa shape index (κ2) is 6.13. The van der Waals surface area contributed by atoms with Crippen LogP contribution < -0.4 is 0 Å². The summed E-state index contributed by atoms with van der Waals surface area (Å²) in [6, 6.07) is 13.2. The van der Waals surface area contributed by atoms with Gasteiger partial charge in [-0.25, -0.2) is 4.98 Å². The molecule has 0 amide bonds. The molecule has 1 heterocycles. The molecule has 2 aromatic carbocycles. The predicted octanol–water partition coefficient (Wildman–Crippen LogP) is 5.23. The maximum Gasteiger partial charge on any atom is 0.273 e. The van der Waals surface area contributed by atoms with E-state index in [4.69, 9.17) is 12.2 Å². The van der Waals surface area contributed by atoms with E-state index in [-0.39, 0.29) is 16.7 Å². The highest BCUT2D eigenvalue weighted by Crippen LogP contribution is 2.33. The molecule has 122 valence electrons. The summed E-state index contributed by atoms with van der Waals surface area (Å²) in [6.07, 6.45) is 0. The number of fused-ring (bicyclic) bond motifs is 1. The van der Waals surface area contributed by atoms with Crippen molar-refractivity contribution >= 4 is 28.8 Å². The maximum atomic E-state index is 11.4. The molecule has 0 aliphatic heterocycles. The van der Waals surface area contributed by atoms with Gasteiger partial charge in [0, 0.05) is 28.6 Å². The molecule has 0 saturated heterocycles. The molecule has 0 aliphatic rings. The number of hydrogen-bond acceptors (Lipinski definition) is 4. The van der Waals surface area contributed by atoms with Crippen LogP contribution in [0, 0.1) is 21.8 Å². The molecule has 0 bridgehead atoms. The summed E-state index contributed by atoms with van der Waals surface area (Å²) in [5.74, 6) is 0. The van der Waals surface area contributed by atoms with Crippen molar-refractivity contribution in [3.63, 3.8) is 0 Å². The lowest BCUT2D eigenvalue weighted by atomic mass is 10.0. The number of hydrogen-bond donors (Lipinski definition) is 0. The smallest absolute Gasteiger partial charge is 0.273 e. The van der Waals surface area contributed by atoms with Crippen molar-refractivity contribution < 1.29 is 4.92 Å². The first-order chi connectivity index (χ1) is 11.4. The van der Waals surface area contributed by atoms with Crippen LogP contribution in [0.5, 0.6) is 0 Å². The lowest BCUT2D eigenvalue weighted by Crippen LogP contribution is -2.08. The lowest BCUT2D eigenvalue weighted by Gasteiger charge is -2.17. The summed E-state index contributed by atoms with van der Waals surface area (Å²) < 4.78 is 2.41. The normalized spacial score (nSPS) is 11.2. The van der Waals surface area contributed by atoms with E-state index in [2.05, 4.69) is 4.98 Å². The summed E-state index contributed by atoms with van der Waals surface area (Å²) in [7, 11) is 0. The van der Waals surface area contributed by atoms with Crippen LogP contribution in [0.4, 0.5) is 5.69 Å². The van der Waals surface area contributed by atoms with Gasteiger partial charge in [0.25, 0.3) is 5.69 Å². The predicted molar refractivity (Wildman–Crippen MR) is 97.8 cm³/mol. The van der Waals surface area contributed by atoms with Crippen molar-refractivity contribution in [1.82, 2.24) is 9.55 Å². The number of nitro benzene ring substituents is 1. The highest BCUT2D eigenvalue weighted by Gasteiger charge is 2.18. The fourth-order valence-corrected chi connectivity index (χ4v) is 3.30. The lowest BCUT2D eigenvalue weighted by molar-refractivity contribution is -0.385. The minimum atomic E-state index is -0.356. The summed E-state index contributed by atoms with van der Waals surface area (Å²) in [4.78, 5) is 15.6. The van der Waals surface area contributed by atoms with Gasteiger partial charge >= 0.3 is 0 Å². The Labute approximate surface area is 144 Å². The number of nitro groups is 1. The maximum absolute atomic E-state index is 11.4.